The molecule has 0 aliphatic carbocycles. The number of furan rings is 1. The van der Waals surface area contributed by atoms with E-state index in [1.54, 1.807) is 18.2 Å². The number of fused-ring (bicyclic) bond motifs is 1. The van der Waals surface area contributed by atoms with Gasteiger partial charge in [-0.15, -0.1) is 0 Å². The summed E-state index contributed by atoms with van der Waals surface area (Å²) in [5.41, 5.74) is 1.92. The van der Waals surface area contributed by atoms with Crippen LogP contribution in [0.5, 0.6) is 0 Å². The molecule has 2 aliphatic heterocycles. The minimum Gasteiger partial charge on any atom is -0.456 e. The monoisotopic (exact) mass is 626 g/mol. The molecule has 13 heteroatoms. The van der Waals surface area contributed by atoms with Gasteiger partial charge in [0.2, 0.25) is 0 Å². The smallest absolute Gasteiger partial charge is 0.251 e. The quantitative estimate of drug-likeness (QED) is 0.208. The number of anilines is 1. The van der Waals surface area contributed by atoms with Gasteiger partial charge in [0.1, 0.15) is 29.8 Å². The lowest BCUT2D eigenvalue weighted by Gasteiger charge is -2.39. The third-order valence-corrected chi connectivity index (χ3v) is 9.66. The third-order valence-electron chi connectivity index (χ3n) is 8.18. The predicted octanol–water partition coefficient (Wildman–Crippen LogP) is 2.09. The molecule has 0 bridgehead atoms. The molecule has 3 heterocycles. The van der Waals surface area contributed by atoms with Crippen molar-refractivity contribution in [2.45, 2.75) is 38.4 Å². The highest BCUT2D eigenvalue weighted by molar-refractivity contribution is 7.93. The summed E-state index contributed by atoms with van der Waals surface area (Å²) in [4.78, 5) is 1.81. The zero-order valence-corrected chi connectivity index (χ0v) is 25.5. The van der Waals surface area contributed by atoms with E-state index in [-0.39, 0.29) is 11.3 Å². The van der Waals surface area contributed by atoms with E-state index < -0.39 is 52.0 Å². The van der Waals surface area contributed by atoms with Crippen LogP contribution in [0.2, 0.25) is 0 Å². The average molecular weight is 627 g/mol. The molecule has 12 nitrogen and oxygen atoms in total. The molecule has 2 saturated heterocycles. The van der Waals surface area contributed by atoms with Crippen LogP contribution in [-0.4, -0.2) is 99.2 Å². The topological polar surface area (TPSA) is 178 Å². The zero-order chi connectivity index (χ0) is 31.4. The Morgan fingerprint density at radius 3 is 2.52 bits per heavy atom. The SMILES string of the molecule is C/C(=C(/C#N)S(=O)(=O)NCC1OC(O)[C@H](C)[C@@H](O)[C@@H]1O)c1ccc(-c2ccc3cc(NCCN4CCOCC4)ccc3c2)o1. The Balaban J connectivity index is 1.26. The molecule has 3 aromatic rings. The van der Waals surface area contributed by atoms with Crippen molar-refractivity contribution < 1.29 is 37.6 Å². The first kappa shape index (κ1) is 32.1. The summed E-state index contributed by atoms with van der Waals surface area (Å²) >= 11 is 0. The van der Waals surface area contributed by atoms with E-state index in [9.17, 15) is 29.0 Å². The summed E-state index contributed by atoms with van der Waals surface area (Å²) in [6.45, 7) is 7.75. The van der Waals surface area contributed by atoms with E-state index in [2.05, 4.69) is 21.0 Å². The molecule has 5 rings (SSSR count). The first-order chi connectivity index (χ1) is 21.1. The number of sulfonamides is 1. The van der Waals surface area contributed by atoms with Crippen molar-refractivity contribution in [1.29, 1.82) is 5.26 Å². The number of nitrogens with zero attached hydrogens (tertiary/aromatic N) is 2. The Bertz CT molecular complexity index is 1640. The number of benzene rings is 2. The molecule has 0 spiro atoms. The lowest BCUT2D eigenvalue weighted by atomic mass is 9.92. The van der Waals surface area contributed by atoms with Gasteiger partial charge in [0.05, 0.1) is 19.3 Å². The van der Waals surface area contributed by atoms with E-state index in [0.717, 1.165) is 61.4 Å². The third kappa shape index (κ3) is 7.14. The van der Waals surface area contributed by atoms with Crippen molar-refractivity contribution in [3.8, 4) is 17.4 Å². The molecule has 2 aliphatic rings. The standard InChI is InChI=1S/C31H38N4O8S/c1-19(28(17-32)44(39,40)34-18-27-30(37)29(36)20(2)31(38)43-27)25-7-8-26(42-25)23-4-3-22-16-24(6-5-21(22)15-23)33-9-10-35-11-13-41-14-12-35/h3-8,15-16,20,27,29-31,33-34,36-38H,9-14,18H2,1-2H3/b28-19+/t20-,27?,29-,30-,31?/m1/s1. The Labute approximate surface area is 256 Å². The number of aliphatic hydroxyl groups excluding tert-OH is 3. The van der Waals surface area contributed by atoms with Crippen LogP contribution < -0.4 is 10.0 Å². The van der Waals surface area contributed by atoms with Crippen molar-refractivity contribution in [3.63, 3.8) is 0 Å². The van der Waals surface area contributed by atoms with Crippen LogP contribution in [0.25, 0.3) is 27.7 Å². The zero-order valence-electron chi connectivity index (χ0n) is 24.6. The Morgan fingerprint density at radius 1 is 1.05 bits per heavy atom. The molecule has 0 saturated carbocycles. The van der Waals surface area contributed by atoms with Crippen LogP contribution in [0.3, 0.4) is 0 Å². The van der Waals surface area contributed by atoms with E-state index in [0.29, 0.717) is 5.76 Å². The summed E-state index contributed by atoms with van der Waals surface area (Å²) in [7, 11) is -4.35. The second-order valence-electron chi connectivity index (χ2n) is 11.1. The fourth-order valence-corrected chi connectivity index (χ4v) is 6.51. The average Bonchev–Trinajstić information content (AvgIpc) is 3.52. The molecular formula is C31H38N4O8S. The highest BCUT2D eigenvalue weighted by atomic mass is 32.2. The molecule has 5 N–H and O–H groups in total. The molecule has 0 amide bonds. The molecule has 44 heavy (non-hydrogen) atoms. The summed E-state index contributed by atoms with van der Waals surface area (Å²) < 4.78 is 45.0. The Hall–Kier alpha value is -3.32. The van der Waals surface area contributed by atoms with Gasteiger partial charge in [-0.2, -0.15) is 5.26 Å². The van der Waals surface area contributed by atoms with E-state index in [1.165, 1.54) is 13.8 Å². The highest BCUT2D eigenvalue weighted by Crippen LogP contribution is 2.31. The maximum Gasteiger partial charge on any atom is 0.251 e. The van der Waals surface area contributed by atoms with Crippen molar-refractivity contribution in [2.24, 2.45) is 5.92 Å². The number of hydrogen-bond donors (Lipinski definition) is 5. The van der Waals surface area contributed by atoms with Gasteiger partial charge in [0.15, 0.2) is 11.2 Å². The van der Waals surface area contributed by atoms with Crippen LogP contribution in [0.1, 0.15) is 19.6 Å². The van der Waals surface area contributed by atoms with E-state index >= 15 is 0 Å². The summed E-state index contributed by atoms with van der Waals surface area (Å²) in [5.74, 6) is -0.0430. The molecule has 2 aromatic carbocycles. The molecule has 1 aromatic heterocycles. The van der Waals surface area contributed by atoms with Crippen LogP contribution >= 0.6 is 0 Å². The first-order valence-corrected chi connectivity index (χ1v) is 16.0. The van der Waals surface area contributed by atoms with Gasteiger partial charge >= 0.3 is 0 Å². The van der Waals surface area contributed by atoms with Crippen LogP contribution in [0, 0.1) is 17.2 Å². The van der Waals surface area contributed by atoms with Gasteiger partial charge in [-0.1, -0.05) is 25.1 Å². The van der Waals surface area contributed by atoms with E-state index in [1.807, 2.05) is 30.3 Å². The summed E-state index contributed by atoms with van der Waals surface area (Å²) in [6, 6.07) is 17.1. The lowest BCUT2D eigenvalue weighted by Crippen LogP contribution is -2.56. The van der Waals surface area contributed by atoms with Gasteiger partial charge in [-0.05, 0) is 48.0 Å². The Morgan fingerprint density at radius 2 is 1.77 bits per heavy atom. The van der Waals surface area contributed by atoms with Crippen LogP contribution in [-0.2, 0) is 19.5 Å². The lowest BCUT2D eigenvalue weighted by molar-refractivity contribution is -0.257. The first-order valence-electron chi connectivity index (χ1n) is 14.6. The minimum absolute atomic E-state index is 0.0960. The molecule has 0 radical (unpaired) electrons. The fourth-order valence-electron chi connectivity index (χ4n) is 5.36. The van der Waals surface area contributed by atoms with Crippen LogP contribution in [0.4, 0.5) is 5.69 Å². The van der Waals surface area contributed by atoms with Gasteiger partial charge in [0.25, 0.3) is 10.0 Å². The number of ether oxygens (including phenoxy) is 2. The molecule has 5 atom stereocenters. The van der Waals surface area contributed by atoms with E-state index in [4.69, 9.17) is 13.9 Å². The predicted molar refractivity (Wildman–Crippen MR) is 165 cm³/mol. The number of nitrogens with one attached hydrogen (secondary N) is 2. The Kier molecular flexibility index (Phi) is 10.0. The van der Waals surface area contributed by atoms with Gasteiger partial charge in [0, 0.05) is 55.5 Å². The number of rotatable bonds is 10. The normalized spacial score (nSPS) is 25.4. The van der Waals surface area contributed by atoms with Gasteiger partial charge < -0.3 is 34.5 Å². The maximum atomic E-state index is 13.0. The number of allylic oxidation sites excluding steroid dienone is 2. The second kappa shape index (κ2) is 13.8. The molecule has 2 unspecified atom stereocenters. The number of aliphatic hydroxyl groups is 3. The van der Waals surface area contributed by atoms with Crippen molar-refractivity contribution in [1.82, 2.24) is 9.62 Å². The number of morpholine rings is 1. The van der Waals surface area contributed by atoms with Gasteiger partial charge in [-0.25, -0.2) is 13.1 Å². The minimum atomic E-state index is -4.35. The molecule has 2 fully saturated rings. The summed E-state index contributed by atoms with van der Waals surface area (Å²) in [6.07, 6.45) is -5.32. The summed E-state index contributed by atoms with van der Waals surface area (Å²) in [5, 5.41) is 45.6. The molecular weight excluding hydrogens is 588 g/mol. The fraction of sp³-hybridized carbons (Fsp3) is 0.452. The van der Waals surface area contributed by atoms with Crippen LogP contribution in [0.15, 0.2) is 57.9 Å². The number of nitriles is 1. The largest absolute Gasteiger partial charge is 0.456 e. The van der Waals surface area contributed by atoms with Gasteiger partial charge in [-0.3, -0.25) is 4.90 Å². The molecule has 236 valence electrons. The van der Waals surface area contributed by atoms with Crippen molar-refractivity contribution >= 4 is 32.1 Å². The van der Waals surface area contributed by atoms with Crippen molar-refractivity contribution in [2.75, 3.05) is 51.3 Å². The maximum absolute atomic E-state index is 13.0. The number of hydrogen-bond acceptors (Lipinski definition) is 11. The second-order valence-corrected chi connectivity index (χ2v) is 12.8. The van der Waals surface area contributed by atoms with Crippen molar-refractivity contribution in [3.05, 3.63) is 59.2 Å². The highest BCUT2D eigenvalue weighted by Gasteiger charge is 2.42.